The van der Waals surface area contributed by atoms with Gasteiger partial charge in [-0.25, -0.2) is 0 Å². The van der Waals surface area contributed by atoms with E-state index in [-0.39, 0.29) is 0 Å². The average molecular weight is 248 g/mol. The summed E-state index contributed by atoms with van der Waals surface area (Å²) in [5, 5.41) is 2.67. The van der Waals surface area contributed by atoms with Crippen LogP contribution in [0.2, 0.25) is 0 Å². The minimum Gasteiger partial charge on any atom is -0.398 e. The van der Waals surface area contributed by atoms with Crippen molar-refractivity contribution in [1.82, 2.24) is 0 Å². The van der Waals surface area contributed by atoms with Crippen molar-refractivity contribution in [2.45, 2.75) is 12.8 Å². The maximum atomic E-state index is 6.00. The molecule has 3 rings (SSSR count). The van der Waals surface area contributed by atoms with Gasteiger partial charge in [0.15, 0.2) is 0 Å². The molecule has 0 radical (unpaired) electrons. The van der Waals surface area contributed by atoms with E-state index in [1.54, 1.807) is 0 Å². The largest absolute Gasteiger partial charge is 0.398 e. The van der Waals surface area contributed by atoms with Crippen molar-refractivity contribution >= 4 is 32.4 Å². The van der Waals surface area contributed by atoms with Gasteiger partial charge in [-0.1, -0.05) is 34.1 Å². The Bertz CT molecular complexity index is 531. The molecule has 0 saturated carbocycles. The molecule has 0 aliphatic heterocycles. The average Bonchev–Trinajstić information content (AvgIpc) is 2.59. The first-order valence-electron chi connectivity index (χ1n) is 4.76. The van der Waals surface area contributed by atoms with Crippen LogP contribution in [0, 0.1) is 0 Å². The number of halogens is 1. The molecule has 1 nitrogen and oxygen atoms in total. The number of anilines is 1. The Morgan fingerprint density at radius 1 is 1.21 bits per heavy atom. The summed E-state index contributed by atoms with van der Waals surface area (Å²) in [6, 6.07) is 8.49. The van der Waals surface area contributed by atoms with Gasteiger partial charge in [0, 0.05) is 10.2 Å². The summed E-state index contributed by atoms with van der Waals surface area (Å²) >= 11 is 3.56. The second-order valence-corrected chi connectivity index (χ2v) is 4.62. The Labute approximate surface area is 91.0 Å². The van der Waals surface area contributed by atoms with E-state index in [1.165, 1.54) is 21.9 Å². The van der Waals surface area contributed by atoms with E-state index in [2.05, 4.69) is 34.1 Å². The molecule has 0 amide bonds. The molecule has 2 heteroatoms. The van der Waals surface area contributed by atoms with Gasteiger partial charge >= 0.3 is 0 Å². The fourth-order valence-corrected chi connectivity index (χ4v) is 2.92. The Morgan fingerprint density at radius 2 is 2.07 bits per heavy atom. The number of rotatable bonds is 0. The number of hydrogen-bond donors (Lipinski definition) is 1. The van der Waals surface area contributed by atoms with Crippen LogP contribution in [0.1, 0.15) is 11.1 Å². The highest BCUT2D eigenvalue weighted by Crippen LogP contribution is 2.38. The lowest BCUT2D eigenvalue weighted by molar-refractivity contribution is 1.03. The quantitative estimate of drug-likeness (QED) is 0.711. The maximum absolute atomic E-state index is 6.00. The third-order valence-electron chi connectivity index (χ3n) is 2.98. The monoisotopic (exact) mass is 247 g/mol. The summed E-state index contributed by atoms with van der Waals surface area (Å²) in [4.78, 5) is 0. The second-order valence-electron chi connectivity index (χ2n) is 3.77. The molecule has 70 valence electrons. The van der Waals surface area contributed by atoms with Crippen molar-refractivity contribution < 1.29 is 0 Å². The highest BCUT2D eigenvalue weighted by molar-refractivity contribution is 9.10. The molecule has 0 saturated heterocycles. The molecule has 1 aliphatic carbocycles. The lowest BCUT2D eigenvalue weighted by Gasteiger charge is -2.06. The number of aryl methyl sites for hydroxylation is 2. The molecule has 1 aliphatic rings. The van der Waals surface area contributed by atoms with Crippen molar-refractivity contribution in [1.29, 1.82) is 0 Å². The number of nitrogen functional groups attached to an aromatic ring is 1. The van der Waals surface area contributed by atoms with Crippen molar-refractivity contribution in [3.63, 3.8) is 0 Å². The zero-order valence-electron chi connectivity index (χ0n) is 7.68. The van der Waals surface area contributed by atoms with Crippen LogP contribution in [0.25, 0.3) is 10.8 Å². The molecule has 14 heavy (non-hydrogen) atoms. The van der Waals surface area contributed by atoms with Crippen LogP contribution in [-0.4, -0.2) is 0 Å². The van der Waals surface area contributed by atoms with Gasteiger partial charge in [-0.2, -0.15) is 0 Å². The SMILES string of the molecule is Nc1cc(Br)c2cccc3c2c1CC3. The highest BCUT2D eigenvalue weighted by Gasteiger charge is 2.17. The standard InChI is InChI=1S/C12H10BrN/c13-10-6-11(14)9-5-4-7-2-1-3-8(10)12(7)9/h1-3,6H,4-5,14H2. The van der Waals surface area contributed by atoms with Gasteiger partial charge in [0.25, 0.3) is 0 Å². The summed E-state index contributed by atoms with van der Waals surface area (Å²) < 4.78 is 1.11. The van der Waals surface area contributed by atoms with Crippen molar-refractivity contribution in [2.24, 2.45) is 0 Å². The van der Waals surface area contributed by atoms with Gasteiger partial charge in [0.2, 0.25) is 0 Å². The van der Waals surface area contributed by atoms with Gasteiger partial charge in [0.1, 0.15) is 0 Å². The Balaban J connectivity index is 2.58. The fourth-order valence-electron chi connectivity index (χ4n) is 2.34. The Kier molecular flexibility index (Phi) is 1.62. The molecule has 2 N–H and O–H groups in total. The van der Waals surface area contributed by atoms with Gasteiger partial charge in [-0.05, 0) is 40.8 Å². The number of benzene rings is 2. The van der Waals surface area contributed by atoms with Crippen LogP contribution < -0.4 is 5.73 Å². The van der Waals surface area contributed by atoms with E-state index >= 15 is 0 Å². The van der Waals surface area contributed by atoms with Crippen LogP contribution in [0.4, 0.5) is 5.69 Å². The summed E-state index contributed by atoms with van der Waals surface area (Å²) in [5.41, 5.74) is 9.69. The van der Waals surface area contributed by atoms with Gasteiger partial charge in [-0.15, -0.1) is 0 Å². The Hall–Kier alpha value is -1.02. The van der Waals surface area contributed by atoms with E-state index in [4.69, 9.17) is 5.73 Å². The van der Waals surface area contributed by atoms with Gasteiger partial charge in [0.05, 0.1) is 0 Å². The predicted molar refractivity (Wildman–Crippen MR) is 63.5 cm³/mol. The molecular formula is C12H10BrN. The maximum Gasteiger partial charge on any atom is 0.0364 e. The number of nitrogens with two attached hydrogens (primary N) is 1. The minimum atomic E-state index is 0.925. The van der Waals surface area contributed by atoms with E-state index in [0.717, 1.165) is 23.0 Å². The smallest absolute Gasteiger partial charge is 0.0364 e. The van der Waals surface area contributed by atoms with Crippen molar-refractivity contribution in [3.05, 3.63) is 39.9 Å². The lowest BCUT2D eigenvalue weighted by Crippen LogP contribution is -1.92. The van der Waals surface area contributed by atoms with Crippen LogP contribution in [0.5, 0.6) is 0 Å². The fraction of sp³-hybridized carbons (Fsp3) is 0.167. The first-order chi connectivity index (χ1) is 6.77. The molecule has 0 bridgehead atoms. The molecule has 0 aromatic heterocycles. The van der Waals surface area contributed by atoms with E-state index < -0.39 is 0 Å². The zero-order chi connectivity index (χ0) is 9.71. The van der Waals surface area contributed by atoms with Crippen molar-refractivity contribution in [2.75, 3.05) is 5.73 Å². The highest BCUT2D eigenvalue weighted by atomic mass is 79.9. The summed E-state index contributed by atoms with van der Waals surface area (Å²) in [6.07, 6.45) is 2.22. The second kappa shape index (κ2) is 2.74. The summed E-state index contributed by atoms with van der Waals surface area (Å²) in [7, 11) is 0. The predicted octanol–water partition coefficient (Wildman–Crippen LogP) is 3.28. The van der Waals surface area contributed by atoms with Crippen LogP contribution in [0.3, 0.4) is 0 Å². The summed E-state index contributed by atoms with van der Waals surface area (Å²) in [5.74, 6) is 0. The summed E-state index contributed by atoms with van der Waals surface area (Å²) in [6.45, 7) is 0. The van der Waals surface area contributed by atoms with Crippen LogP contribution in [-0.2, 0) is 12.8 Å². The molecule has 2 aromatic rings. The zero-order valence-corrected chi connectivity index (χ0v) is 9.26. The van der Waals surface area contributed by atoms with E-state index in [9.17, 15) is 0 Å². The molecule has 0 atom stereocenters. The van der Waals surface area contributed by atoms with Crippen LogP contribution >= 0.6 is 15.9 Å². The molecule has 2 aromatic carbocycles. The minimum absolute atomic E-state index is 0.925. The Morgan fingerprint density at radius 3 is 2.93 bits per heavy atom. The van der Waals surface area contributed by atoms with Crippen LogP contribution in [0.15, 0.2) is 28.7 Å². The van der Waals surface area contributed by atoms with Crippen molar-refractivity contribution in [3.8, 4) is 0 Å². The topological polar surface area (TPSA) is 26.0 Å². The first-order valence-corrected chi connectivity index (χ1v) is 5.55. The third kappa shape index (κ3) is 0.947. The molecule has 0 heterocycles. The van der Waals surface area contributed by atoms with E-state index in [0.29, 0.717) is 0 Å². The molecule has 0 spiro atoms. The third-order valence-corrected chi connectivity index (χ3v) is 3.64. The lowest BCUT2D eigenvalue weighted by atomic mass is 10.0. The van der Waals surface area contributed by atoms with Gasteiger partial charge in [-0.3, -0.25) is 0 Å². The van der Waals surface area contributed by atoms with E-state index in [1.807, 2.05) is 6.07 Å². The number of hydrogen-bond acceptors (Lipinski definition) is 1. The molecule has 0 fully saturated rings. The van der Waals surface area contributed by atoms with Gasteiger partial charge < -0.3 is 5.73 Å². The first kappa shape index (κ1) is 8.30. The molecule has 0 unspecified atom stereocenters. The normalized spacial score (nSPS) is 13.8. The molecular weight excluding hydrogens is 238 g/mol.